The van der Waals surface area contributed by atoms with Gasteiger partial charge in [0, 0.05) is 36.9 Å². The molecule has 4 aromatic rings. The summed E-state index contributed by atoms with van der Waals surface area (Å²) < 4.78 is 32.8. The number of pyridine rings is 2. The molecule has 8 nitrogen and oxygen atoms in total. The van der Waals surface area contributed by atoms with Crippen LogP contribution in [0.5, 0.6) is 0 Å². The van der Waals surface area contributed by atoms with Crippen molar-refractivity contribution in [2.75, 3.05) is 18.0 Å². The molecule has 2 aliphatic rings. The topological polar surface area (TPSA) is 84.2 Å². The number of piperazine rings is 1. The van der Waals surface area contributed by atoms with Crippen LogP contribution in [-0.2, 0) is 4.79 Å². The molecule has 0 spiro atoms. The molecular weight excluding hydrogens is 562 g/mol. The van der Waals surface area contributed by atoms with E-state index < -0.39 is 17.3 Å². The number of carbonyl (C=O) groups is 1. The third-order valence-corrected chi connectivity index (χ3v) is 8.74. The molecule has 1 aromatic carbocycles. The largest absolute Gasteiger partial charge is 0.355 e. The van der Waals surface area contributed by atoms with Crippen molar-refractivity contribution < 1.29 is 13.6 Å². The number of fused-ring (bicyclic) bond motifs is 1. The third-order valence-electron chi connectivity index (χ3n) is 8.74. The van der Waals surface area contributed by atoms with E-state index in [2.05, 4.69) is 16.5 Å². The van der Waals surface area contributed by atoms with E-state index in [1.165, 1.54) is 22.8 Å². The van der Waals surface area contributed by atoms with Crippen molar-refractivity contribution in [3.05, 3.63) is 88.1 Å². The number of hydrogen-bond acceptors (Lipinski definition) is 6. The zero-order chi connectivity index (χ0) is 31.4. The molecule has 3 aromatic heterocycles. The fourth-order valence-electron chi connectivity index (χ4n) is 6.24. The summed E-state index contributed by atoms with van der Waals surface area (Å²) in [7, 11) is 0. The van der Waals surface area contributed by atoms with Crippen molar-refractivity contribution in [2.45, 2.75) is 71.4 Å². The Balaban J connectivity index is 1.63. The molecule has 2 fully saturated rings. The molecule has 1 aliphatic heterocycles. The van der Waals surface area contributed by atoms with Crippen LogP contribution in [0, 0.1) is 18.6 Å². The first-order valence-corrected chi connectivity index (χ1v) is 15.1. The van der Waals surface area contributed by atoms with Gasteiger partial charge in [-0.05, 0) is 86.9 Å². The number of aromatic nitrogens is 4. The van der Waals surface area contributed by atoms with E-state index in [9.17, 15) is 9.59 Å². The van der Waals surface area contributed by atoms with Gasteiger partial charge >= 0.3 is 5.69 Å². The van der Waals surface area contributed by atoms with Gasteiger partial charge in [0.2, 0.25) is 5.91 Å². The lowest BCUT2D eigenvalue weighted by molar-refractivity contribution is -0.128. The summed E-state index contributed by atoms with van der Waals surface area (Å²) in [6, 6.07) is 7.40. The van der Waals surface area contributed by atoms with E-state index in [4.69, 9.17) is 4.98 Å². The number of benzene rings is 1. The molecule has 1 amide bonds. The standard InChI is InChI=1S/C34H36F2N6O2/c1-7-28(43)40-16-21(6)41(17-20(40)5)32-25-15-27(36)30(24-14-23(22-8-9-22)10-11-26(24)35)38-33(25)42(34(44)39-32)31-19(4)12-13-37-29(31)18(2)3/h7,10-15,18,20-22H,1,8-9,16-17H2,2-6H3. The minimum atomic E-state index is -0.717. The highest BCUT2D eigenvalue weighted by molar-refractivity contribution is 5.91. The van der Waals surface area contributed by atoms with Gasteiger partial charge in [0.1, 0.15) is 23.1 Å². The minimum Gasteiger partial charge on any atom is -0.349 e. The number of aryl methyl sites for hydroxylation is 1. The van der Waals surface area contributed by atoms with Crippen LogP contribution in [0.3, 0.4) is 0 Å². The van der Waals surface area contributed by atoms with Gasteiger partial charge in [-0.15, -0.1) is 0 Å². The summed E-state index contributed by atoms with van der Waals surface area (Å²) in [5.74, 6) is -0.938. The van der Waals surface area contributed by atoms with Gasteiger partial charge in [-0.1, -0.05) is 26.5 Å². The first kappa shape index (κ1) is 29.6. The summed E-state index contributed by atoms with van der Waals surface area (Å²) in [5, 5.41) is 0.310. The van der Waals surface area contributed by atoms with E-state index in [1.54, 1.807) is 29.3 Å². The van der Waals surface area contributed by atoms with Gasteiger partial charge in [0.25, 0.3) is 0 Å². The van der Waals surface area contributed by atoms with Crippen molar-refractivity contribution in [1.82, 2.24) is 24.4 Å². The second-order valence-corrected chi connectivity index (χ2v) is 12.3. The molecule has 0 radical (unpaired) electrons. The summed E-state index contributed by atoms with van der Waals surface area (Å²) in [4.78, 5) is 44.1. The summed E-state index contributed by atoms with van der Waals surface area (Å²) in [6.45, 7) is 14.0. The summed E-state index contributed by atoms with van der Waals surface area (Å²) in [5.41, 5.74) is 2.34. The Morgan fingerprint density at radius 3 is 2.48 bits per heavy atom. The van der Waals surface area contributed by atoms with Gasteiger partial charge in [-0.2, -0.15) is 4.98 Å². The Kier molecular flexibility index (Phi) is 7.55. The Morgan fingerprint density at radius 1 is 1.05 bits per heavy atom. The van der Waals surface area contributed by atoms with Crippen LogP contribution in [0.1, 0.15) is 69.2 Å². The van der Waals surface area contributed by atoms with E-state index in [1.807, 2.05) is 39.5 Å². The molecule has 1 aliphatic carbocycles. The number of anilines is 1. The second kappa shape index (κ2) is 11.2. The fourth-order valence-corrected chi connectivity index (χ4v) is 6.24. The molecule has 0 N–H and O–H groups in total. The molecular formula is C34H36F2N6O2. The predicted octanol–water partition coefficient (Wildman–Crippen LogP) is 6.04. The van der Waals surface area contributed by atoms with Crippen molar-refractivity contribution in [1.29, 1.82) is 0 Å². The van der Waals surface area contributed by atoms with Crippen LogP contribution >= 0.6 is 0 Å². The zero-order valence-electron chi connectivity index (χ0n) is 25.6. The second-order valence-electron chi connectivity index (χ2n) is 12.3. The Labute approximate surface area is 255 Å². The molecule has 44 heavy (non-hydrogen) atoms. The van der Waals surface area contributed by atoms with Crippen LogP contribution in [0.25, 0.3) is 28.0 Å². The van der Waals surface area contributed by atoms with Crippen LogP contribution < -0.4 is 10.6 Å². The highest BCUT2D eigenvalue weighted by atomic mass is 19.1. The fraction of sp³-hybridized carbons (Fsp3) is 0.382. The van der Waals surface area contributed by atoms with Crippen LogP contribution in [0.2, 0.25) is 0 Å². The number of rotatable bonds is 6. The maximum Gasteiger partial charge on any atom is 0.355 e. The minimum absolute atomic E-state index is 0.0459. The zero-order valence-corrected chi connectivity index (χ0v) is 25.6. The highest BCUT2D eigenvalue weighted by Crippen LogP contribution is 2.42. The smallest absolute Gasteiger partial charge is 0.349 e. The number of halogens is 2. The molecule has 0 bridgehead atoms. The number of carbonyl (C=O) groups excluding carboxylic acids is 1. The first-order valence-electron chi connectivity index (χ1n) is 15.1. The maximum atomic E-state index is 16.2. The predicted molar refractivity (Wildman–Crippen MR) is 167 cm³/mol. The van der Waals surface area contributed by atoms with Gasteiger partial charge in [-0.25, -0.2) is 23.1 Å². The van der Waals surface area contributed by atoms with Gasteiger partial charge in [-0.3, -0.25) is 9.78 Å². The number of nitrogens with zero attached hydrogens (tertiary/aromatic N) is 6. The van der Waals surface area contributed by atoms with Gasteiger partial charge in [0.05, 0.1) is 16.8 Å². The van der Waals surface area contributed by atoms with Crippen molar-refractivity contribution in [3.63, 3.8) is 0 Å². The van der Waals surface area contributed by atoms with Crippen molar-refractivity contribution in [2.24, 2.45) is 0 Å². The highest BCUT2D eigenvalue weighted by Gasteiger charge is 2.34. The SMILES string of the molecule is C=CC(=O)N1CC(C)N(c2nc(=O)n(-c3c(C)ccnc3C(C)C)c3nc(-c4cc(C5CC5)ccc4F)c(F)cc23)CC1C. The third kappa shape index (κ3) is 5.06. The molecule has 10 heteroatoms. The monoisotopic (exact) mass is 598 g/mol. The summed E-state index contributed by atoms with van der Waals surface area (Å²) >= 11 is 0. The van der Waals surface area contributed by atoms with E-state index in [0.29, 0.717) is 35.8 Å². The molecule has 228 valence electrons. The quantitative estimate of drug-likeness (QED) is 0.252. The maximum absolute atomic E-state index is 16.2. The van der Waals surface area contributed by atoms with E-state index in [-0.39, 0.29) is 46.6 Å². The van der Waals surface area contributed by atoms with E-state index >= 15 is 8.78 Å². The average molecular weight is 599 g/mol. The lowest BCUT2D eigenvalue weighted by Gasteiger charge is -2.44. The van der Waals surface area contributed by atoms with Crippen LogP contribution in [-0.4, -0.2) is 55.5 Å². The first-order chi connectivity index (χ1) is 21.0. The van der Waals surface area contributed by atoms with Gasteiger partial charge in [0.15, 0.2) is 5.65 Å². The molecule has 6 rings (SSSR count). The van der Waals surface area contributed by atoms with Crippen molar-refractivity contribution in [3.8, 4) is 16.9 Å². The molecule has 2 unspecified atom stereocenters. The van der Waals surface area contributed by atoms with Crippen LogP contribution in [0.4, 0.5) is 14.6 Å². The normalized spacial score (nSPS) is 18.7. The Morgan fingerprint density at radius 2 is 1.80 bits per heavy atom. The molecule has 1 saturated heterocycles. The Bertz CT molecular complexity index is 1870. The van der Waals surface area contributed by atoms with Gasteiger partial charge < -0.3 is 9.80 Å². The van der Waals surface area contributed by atoms with Crippen molar-refractivity contribution >= 4 is 22.8 Å². The molecule has 1 saturated carbocycles. The summed E-state index contributed by atoms with van der Waals surface area (Å²) in [6.07, 6.45) is 4.99. The van der Waals surface area contributed by atoms with Crippen LogP contribution in [0.15, 0.2) is 54.0 Å². The average Bonchev–Trinajstić information content (AvgIpc) is 3.84. The lowest BCUT2D eigenvalue weighted by atomic mass is 10.0. The Hall–Kier alpha value is -4.47. The molecule has 4 heterocycles. The lowest BCUT2D eigenvalue weighted by Crippen LogP contribution is -2.58. The number of hydrogen-bond donors (Lipinski definition) is 0. The van der Waals surface area contributed by atoms with E-state index in [0.717, 1.165) is 24.0 Å². The number of amides is 1. The molecule has 2 atom stereocenters.